The number of aromatic nitrogens is 4. The van der Waals surface area contributed by atoms with Crippen LogP contribution in [0, 0.1) is 0 Å². The molecule has 0 aliphatic carbocycles. The maximum absolute atomic E-state index is 5.55. The topological polar surface area (TPSA) is 64.9 Å². The van der Waals surface area contributed by atoms with Crippen molar-refractivity contribution in [2.45, 2.75) is 6.54 Å². The molecular weight excluding hydrogens is 290 g/mol. The van der Waals surface area contributed by atoms with Gasteiger partial charge in [0.25, 0.3) is 0 Å². The molecule has 0 amide bonds. The molecule has 2 heterocycles. The molecule has 6 heteroatoms. The SMILES string of the molecule is Cn1nc(CNCCOc2ccccn2)c(-c2ccccc2)n1. The molecule has 1 N–H and O–H groups in total. The van der Waals surface area contributed by atoms with E-state index in [4.69, 9.17) is 4.74 Å². The number of rotatable bonds is 7. The van der Waals surface area contributed by atoms with Gasteiger partial charge in [-0.05, 0) is 6.07 Å². The molecule has 0 spiro atoms. The van der Waals surface area contributed by atoms with E-state index in [1.165, 1.54) is 0 Å². The fraction of sp³-hybridized carbons (Fsp3) is 0.235. The summed E-state index contributed by atoms with van der Waals surface area (Å²) < 4.78 is 5.55. The van der Waals surface area contributed by atoms with Crippen molar-refractivity contribution in [1.82, 2.24) is 25.3 Å². The van der Waals surface area contributed by atoms with Gasteiger partial charge >= 0.3 is 0 Å². The molecule has 118 valence electrons. The molecule has 0 bridgehead atoms. The number of aryl methyl sites for hydroxylation is 1. The van der Waals surface area contributed by atoms with Gasteiger partial charge < -0.3 is 10.1 Å². The third kappa shape index (κ3) is 4.14. The summed E-state index contributed by atoms with van der Waals surface area (Å²) in [6.45, 7) is 1.91. The molecule has 0 unspecified atom stereocenters. The Morgan fingerprint density at radius 2 is 1.87 bits per heavy atom. The molecule has 2 aromatic heterocycles. The number of nitrogens with zero attached hydrogens (tertiary/aromatic N) is 4. The third-order valence-electron chi connectivity index (χ3n) is 3.29. The number of pyridine rings is 1. The second-order valence-corrected chi connectivity index (χ2v) is 5.04. The summed E-state index contributed by atoms with van der Waals surface area (Å²) in [6.07, 6.45) is 1.72. The highest BCUT2D eigenvalue weighted by atomic mass is 16.5. The largest absolute Gasteiger partial charge is 0.476 e. The van der Waals surface area contributed by atoms with Gasteiger partial charge in [-0.15, -0.1) is 0 Å². The summed E-state index contributed by atoms with van der Waals surface area (Å²) in [7, 11) is 1.83. The van der Waals surface area contributed by atoms with E-state index >= 15 is 0 Å². The lowest BCUT2D eigenvalue weighted by molar-refractivity contribution is 0.302. The Kier molecular flexibility index (Phi) is 4.95. The van der Waals surface area contributed by atoms with Gasteiger partial charge in [-0.2, -0.15) is 15.0 Å². The minimum absolute atomic E-state index is 0.554. The molecule has 0 aliphatic heterocycles. The van der Waals surface area contributed by atoms with Crippen LogP contribution in [0.4, 0.5) is 0 Å². The van der Waals surface area contributed by atoms with Gasteiger partial charge in [0.2, 0.25) is 5.88 Å². The first-order chi connectivity index (χ1) is 11.3. The van der Waals surface area contributed by atoms with Crippen LogP contribution in [0.25, 0.3) is 11.3 Å². The second kappa shape index (κ2) is 7.51. The van der Waals surface area contributed by atoms with E-state index in [2.05, 4.69) is 20.5 Å². The first kappa shape index (κ1) is 15.2. The highest BCUT2D eigenvalue weighted by molar-refractivity contribution is 5.60. The third-order valence-corrected chi connectivity index (χ3v) is 3.29. The van der Waals surface area contributed by atoms with Crippen LogP contribution in [-0.2, 0) is 13.6 Å². The lowest BCUT2D eigenvalue weighted by Gasteiger charge is -2.06. The predicted molar refractivity (Wildman–Crippen MR) is 87.9 cm³/mol. The fourth-order valence-corrected chi connectivity index (χ4v) is 2.25. The van der Waals surface area contributed by atoms with Crippen LogP contribution >= 0.6 is 0 Å². The van der Waals surface area contributed by atoms with Crippen molar-refractivity contribution < 1.29 is 4.74 Å². The Morgan fingerprint density at radius 3 is 2.65 bits per heavy atom. The van der Waals surface area contributed by atoms with Crippen molar-refractivity contribution in [1.29, 1.82) is 0 Å². The Bertz CT molecular complexity index is 727. The number of benzene rings is 1. The Labute approximate surface area is 135 Å². The number of ether oxygens (including phenoxy) is 1. The molecule has 0 aliphatic rings. The maximum atomic E-state index is 5.55. The molecule has 23 heavy (non-hydrogen) atoms. The van der Waals surface area contributed by atoms with Gasteiger partial charge in [-0.1, -0.05) is 36.4 Å². The van der Waals surface area contributed by atoms with E-state index in [9.17, 15) is 0 Å². The molecule has 3 rings (SSSR count). The Hall–Kier alpha value is -2.73. The quantitative estimate of drug-likeness (QED) is 0.677. The van der Waals surface area contributed by atoms with Crippen molar-refractivity contribution >= 4 is 0 Å². The standard InChI is InChI=1S/C17H19N5O/c1-22-20-15(17(21-22)14-7-3-2-4-8-14)13-18-11-12-23-16-9-5-6-10-19-16/h2-10,18H,11-13H2,1H3. The molecule has 0 fully saturated rings. The normalized spacial score (nSPS) is 10.7. The molecule has 0 radical (unpaired) electrons. The van der Waals surface area contributed by atoms with Gasteiger partial charge in [0.1, 0.15) is 18.0 Å². The van der Waals surface area contributed by atoms with Crippen LogP contribution in [0.5, 0.6) is 5.88 Å². The molecule has 1 aromatic carbocycles. The highest BCUT2D eigenvalue weighted by Gasteiger charge is 2.11. The predicted octanol–water partition coefficient (Wildman–Crippen LogP) is 2.05. The zero-order chi connectivity index (χ0) is 15.9. The number of hydrogen-bond acceptors (Lipinski definition) is 5. The van der Waals surface area contributed by atoms with Crippen molar-refractivity contribution in [2.75, 3.05) is 13.2 Å². The van der Waals surface area contributed by atoms with Gasteiger partial charge in [0.15, 0.2) is 0 Å². The van der Waals surface area contributed by atoms with Crippen LogP contribution in [0.2, 0.25) is 0 Å². The number of hydrogen-bond donors (Lipinski definition) is 1. The van der Waals surface area contributed by atoms with E-state index in [1.807, 2.05) is 55.6 Å². The lowest BCUT2D eigenvalue weighted by Crippen LogP contribution is -2.21. The van der Waals surface area contributed by atoms with Gasteiger partial charge in [0, 0.05) is 38.0 Å². The summed E-state index contributed by atoms with van der Waals surface area (Å²) in [4.78, 5) is 5.72. The molecule has 0 saturated heterocycles. The fourth-order valence-electron chi connectivity index (χ4n) is 2.25. The van der Waals surface area contributed by atoms with Crippen molar-refractivity contribution in [3.63, 3.8) is 0 Å². The van der Waals surface area contributed by atoms with E-state index in [1.54, 1.807) is 11.0 Å². The summed E-state index contributed by atoms with van der Waals surface area (Å²) in [5.41, 5.74) is 2.91. The molecule has 0 atom stereocenters. The smallest absolute Gasteiger partial charge is 0.213 e. The minimum Gasteiger partial charge on any atom is -0.476 e. The molecule has 6 nitrogen and oxygen atoms in total. The first-order valence-corrected chi connectivity index (χ1v) is 7.53. The van der Waals surface area contributed by atoms with Crippen LogP contribution < -0.4 is 10.1 Å². The summed E-state index contributed by atoms with van der Waals surface area (Å²) in [6, 6.07) is 15.7. The van der Waals surface area contributed by atoms with Crippen molar-refractivity contribution in [2.24, 2.45) is 7.05 Å². The minimum atomic E-state index is 0.554. The van der Waals surface area contributed by atoms with E-state index in [-0.39, 0.29) is 0 Å². The van der Waals surface area contributed by atoms with Gasteiger partial charge in [0.05, 0.1) is 0 Å². The average Bonchev–Trinajstić information content (AvgIpc) is 2.97. The molecule has 0 saturated carbocycles. The number of nitrogens with one attached hydrogen (secondary N) is 1. The van der Waals surface area contributed by atoms with Crippen molar-refractivity contribution in [3.05, 3.63) is 60.4 Å². The molecular formula is C17H19N5O. The highest BCUT2D eigenvalue weighted by Crippen LogP contribution is 2.19. The van der Waals surface area contributed by atoms with Crippen LogP contribution in [-0.4, -0.2) is 33.1 Å². The average molecular weight is 309 g/mol. The van der Waals surface area contributed by atoms with Crippen LogP contribution in [0.3, 0.4) is 0 Å². The zero-order valence-corrected chi connectivity index (χ0v) is 13.0. The summed E-state index contributed by atoms with van der Waals surface area (Å²) in [5.74, 6) is 0.638. The second-order valence-electron chi connectivity index (χ2n) is 5.04. The van der Waals surface area contributed by atoms with Crippen LogP contribution in [0.15, 0.2) is 54.7 Å². The maximum Gasteiger partial charge on any atom is 0.213 e. The molecule has 3 aromatic rings. The zero-order valence-electron chi connectivity index (χ0n) is 13.0. The van der Waals surface area contributed by atoms with Crippen LogP contribution in [0.1, 0.15) is 5.69 Å². The van der Waals surface area contributed by atoms with Gasteiger partial charge in [-0.25, -0.2) is 4.98 Å². The summed E-state index contributed by atoms with van der Waals surface area (Å²) >= 11 is 0. The summed E-state index contributed by atoms with van der Waals surface area (Å²) in [5, 5.41) is 12.2. The van der Waals surface area contributed by atoms with E-state index < -0.39 is 0 Å². The Morgan fingerprint density at radius 1 is 1.04 bits per heavy atom. The lowest BCUT2D eigenvalue weighted by atomic mass is 10.1. The van der Waals surface area contributed by atoms with Crippen molar-refractivity contribution in [3.8, 4) is 17.1 Å². The van der Waals surface area contributed by atoms with E-state index in [0.29, 0.717) is 25.6 Å². The first-order valence-electron chi connectivity index (χ1n) is 7.53. The van der Waals surface area contributed by atoms with E-state index in [0.717, 1.165) is 17.0 Å². The Balaban J connectivity index is 1.53. The van der Waals surface area contributed by atoms with Gasteiger partial charge in [-0.3, -0.25) is 0 Å². The monoisotopic (exact) mass is 309 g/mol.